The normalized spacial score (nSPS) is 16.7. The third-order valence-electron chi connectivity index (χ3n) is 3.66. The number of benzene rings is 1. The number of piperazine rings is 1. The lowest BCUT2D eigenvalue weighted by Crippen LogP contribution is -2.45. The predicted molar refractivity (Wildman–Crippen MR) is 89.9 cm³/mol. The van der Waals surface area contributed by atoms with E-state index in [0.717, 1.165) is 54.9 Å². The average molecular weight is 317 g/mol. The molecule has 0 saturated carbocycles. The molecule has 0 unspecified atom stereocenters. The number of nitrogens with zero attached hydrogens (tertiary/aromatic N) is 2. The van der Waals surface area contributed by atoms with Gasteiger partial charge in [-0.25, -0.2) is 0 Å². The first-order chi connectivity index (χ1) is 9.60. The summed E-state index contributed by atoms with van der Waals surface area (Å²) in [5.74, 6) is 0. The van der Waals surface area contributed by atoms with Gasteiger partial charge in [0.2, 0.25) is 0 Å². The average Bonchev–Trinajstić information content (AvgIpc) is 2.47. The molecule has 1 aromatic carbocycles. The van der Waals surface area contributed by atoms with Crippen LogP contribution in [0.1, 0.15) is 31.9 Å². The van der Waals surface area contributed by atoms with Gasteiger partial charge in [-0.15, -0.1) is 0 Å². The van der Waals surface area contributed by atoms with E-state index >= 15 is 0 Å². The standard InChI is InChI=1S/C14H20Cl2N2.C2H6/c1-3-17-4-6-18(7-5-17)10-12-8-13(15)11(2)14(16)9-12;1-2/h8-9H,3-7,10H2,1-2H3;1-2H3. The van der Waals surface area contributed by atoms with E-state index in [9.17, 15) is 0 Å². The maximum absolute atomic E-state index is 6.17. The van der Waals surface area contributed by atoms with Crippen LogP contribution >= 0.6 is 23.2 Å². The van der Waals surface area contributed by atoms with Crippen LogP contribution in [-0.4, -0.2) is 42.5 Å². The Morgan fingerprint density at radius 2 is 1.40 bits per heavy atom. The fourth-order valence-electron chi connectivity index (χ4n) is 2.31. The number of hydrogen-bond donors (Lipinski definition) is 0. The van der Waals surface area contributed by atoms with Gasteiger partial charge in [-0.05, 0) is 36.7 Å². The Balaban J connectivity index is 0.000000956. The smallest absolute Gasteiger partial charge is 0.0453 e. The Bertz CT molecular complexity index is 390. The van der Waals surface area contributed by atoms with Crippen molar-refractivity contribution in [2.24, 2.45) is 0 Å². The Morgan fingerprint density at radius 1 is 0.950 bits per heavy atom. The van der Waals surface area contributed by atoms with Crippen LogP contribution in [0.5, 0.6) is 0 Å². The first-order valence-corrected chi connectivity index (χ1v) is 8.25. The van der Waals surface area contributed by atoms with Crippen molar-refractivity contribution in [2.75, 3.05) is 32.7 Å². The van der Waals surface area contributed by atoms with E-state index in [1.807, 2.05) is 32.9 Å². The zero-order valence-corrected chi connectivity index (χ0v) is 14.6. The van der Waals surface area contributed by atoms with Crippen LogP contribution < -0.4 is 0 Å². The third-order valence-corrected chi connectivity index (χ3v) is 4.44. The summed E-state index contributed by atoms with van der Waals surface area (Å²) in [4.78, 5) is 4.94. The summed E-state index contributed by atoms with van der Waals surface area (Å²) in [5, 5.41) is 1.54. The van der Waals surface area contributed by atoms with Crippen LogP contribution in [0.15, 0.2) is 12.1 Å². The molecule has 20 heavy (non-hydrogen) atoms. The predicted octanol–water partition coefficient (Wildman–Crippen LogP) is 4.47. The Kier molecular flexibility index (Phi) is 7.90. The molecule has 4 heteroatoms. The van der Waals surface area contributed by atoms with Crippen molar-refractivity contribution >= 4 is 23.2 Å². The summed E-state index contributed by atoms with van der Waals surface area (Å²) in [6.45, 7) is 14.8. The molecule has 2 rings (SSSR count). The van der Waals surface area contributed by atoms with Crippen molar-refractivity contribution in [3.05, 3.63) is 33.3 Å². The van der Waals surface area contributed by atoms with Crippen molar-refractivity contribution in [1.29, 1.82) is 0 Å². The molecule has 1 aromatic rings. The maximum atomic E-state index is 6.17. The highest BCUT2D eigenvalue weighted by Gasteiger charge is 2.16. The molecular formula is C16H26Cl2N2. The van der Waals surface area contributed by atoms with E-state index in [1.165, 1.54) is 5.56 Å². The summed E-state index contributed by atoms with van der Waals surface area (Å²) in [6.07, 6.45) is 0. The minimum atomic E-state index is 0.768. The molecule has 1 aliphatic heterocycles. The van der Waals surface area contributed by atoms with Gasteiger partial charge >= 0.3 is 0 Å². The van der Waals surface area contributed by atoms with E-state index < -0.39 is 0 Å². The molecule has 0 N–H and O–H groups in total. The molecule has 1 fully saturated rings. The van der Waals surface area contributed by atoms with Gasteiger partial charge in [0.05, 0.1) is 0 Å². The van der Waals surface area contributed by atoms with Gasteiger partial charge in [-0.1, -0.05) is 44.0 Å². The SMILES string of the molecule is CC.CCN1CCN(Cc2cc(Cl)c(C)c(Cl)c2)CC1. The Morgan fingerprint density at radius 3 is 1.85 bits per heavy atom. The van der Waals surface area contributed by atoms with Gasteiger partial charge in [0.25, 0.3) is 0 Å². The zero-order chi connectivity index (χ0) is 15.1. The van der Waals surface area contributed by atoms with Gasteiger partial charge in [-0.2, -0.15) is 0 Å². The molecule has 0 atom stereocenters. The fourth-order valence-corrected chi connectivity index (χ4v) is 2.84. The van der Waals surface area contributed by atoms with Gasteiger partial charge in [-0.3, -0.25) is 4.90 Å². The molecule has 0 amide bonds. The molecular weight excluding hydrogens is 291 g/mol. The molecule has 0 aliphatic carbocycles. The van der Waals surface area contributed by atoms with E-state index in [0.29, 0.717) is 0 Å². The summed E-state index contributed by atoms with van der Waals surface area (Å²) < 4.78 is 0. The van der Waals surface area contributed by atoms with Crippen LogP contribution in [0, 0.1) is 6.92 Å². The summed E-state index contributed by atoms with van der Waals surface area (Å²) >= 11 is 12.3. The highest BCUT2D eigenvalue weighted by atomic mass is 35.5. The van der Waals surface area contributed by atoms with Gasteiger partial charge in [0.1, 0.15) is 0 Å². The van der Waals surface area contributed by atoms with Crippen molar-refractivity contribution < 1.29 is 0 Å². The highest BCUT2D eigenvalue weighted by molar-refractivity contribution is 6.36. The second kappa shape index (κ2) is 8.89. The lowest BCUT2D eigenvalue weighted by Gasteiger charge is -2.34. The molecule has 0 radical (unpaired) electrons. The van der Waals surface area contributed by atoms with Gasteiger partial charge < -0.3 is 4.90 Å². The van der Waals surface area contributed by atoms with Crippen LogP contribution in [0.2, 0.25) is 10.0 Å². The van der Waals surface area contributed by atoms with Gasteiger partial charge in [0, 0.05) is 42.8 Å². The number of halogens is 2. The molecule has 2 nitrogen and oxygen atoms in total. The van der Waals surface area contributed by atoms with Crippen LogP contribution in [0.3, 0.4) is 0 Å². The first kappa shape index (κ1) is 17.8. The maximum Gasteiger partial charge on any atom is 0.0453 e. The molecule has 0 spiro atoms. The van der Waals surface area contributed by atoms with Crippen molar-refractivity contribution in [3.63, 3.8) is 0 Å². The second-order valence-corrected chi connectivity index (χ2v) is 5.71. The van der Waals surface area contributed by atoms with Crippen molar-refractivity contribution in [1.82, 2.24) is 9.80 Å². The van der Waals surface area contributed by atoms with E-state index in [-0.39, 0.29) is 0 Å². The summed E-state index contributed by atoms with van der Waals surface area (Å²) in [6, 6.07) is 4.07. The van der Waals surface area contributed by atoms with E-state index in [2.05, 4.69) is 16.7 Å². The fraction of sp³-hybridized carbons (Fsp3) is 0.625. The highest BCUT2D eigenvalue weighted by Crippen LogP contribution is 2.26. The lowest BCUT2D eigenvalue weighted by molar-refractivity contribution is 0.132. The third kappa shape index (κ3) is 4.92. The second-order valence-electron chi connectivity index (χ2n) is 4.89. The zero-order valence-electron chi connectivity index (χ0n) is 13.0. The van der Waals surface area contributed by atoms with Crippen LogP contribution in [0.25, 0.3) is 0 Å². The number of hydrogen-bond acceptors (Lipinski definition) is 2. The van der Waals surface area contributed by atoms with Gasteiger partial charge in [0.15, 0.2) is 0 Å². The minimum Gasteiger partial charge on any atom is -0.301 e. The minimum absolute atomic E-state index is 0.768. The van der Waals surface area contributed by atoms with Crippen molar-refractivity contribution in [2.45, 2.75) is 34.2 Å². The van der Waals surface area contributed by atoms with Crippen LogP contribution in [-0.2, 0) is 6.54 Å². The molecule has 0 aromatic heterocycles. The van der Waals surface area contributed by atoms with E-state index in [4.69, 9.17) is 23.2 Å². The summed E-state index contributed by atoms with van der Waals surface area (Å²) in [5.41, 5.74) is 2.18. The topological polar surface area (TPSA) is 6.48 Å². The van der Waals surface area contributed by atoms with E-state index in [1.54, 1.807) is 0 Å². The lowest BCUT2D eigenvalue weighted by atomic mass is 10.1. The van der Waals surface area contributed by atoms with Crippen LogP contribution in [0.4, 0.5) is 0 Å². The first-order valence-electron chi connectivity index (χ1n) is 7.49. The molecule has 114 valence electrons. The Labute approximate surface area is 133 Å². The molecule has 1 aliphatic rings. The molecule has 1 saturated heterocycles. The molecule has 0 bridgehead atoms. The largest absolute Gasteiger partial charge is 0.301 e. The monoisotopic (exact) mass is 316 g/mol. The quantitative estimate of drug-likeness (QED) is 0.812. The number of likely N-dealkylation sites (N-methyl/N-ethyl adjacent to an activating group) is 1. The number of rotatable bonds is 3. The van der Waals surface area contributed by atoms with Crippen molar-refractivity contribution in [3.8, 4) is 0 Å². The summed E-state index contributed by atoms with van der Waals surface area (Å²) in [7, 11) is 0. The Hall–Kier alpha value is -0.280. The molecule has 1 heterocycles.